The van der Waals surface area contributed by atoms with Gasteiger partial charge in [-0.25, -0.2) is 0 Å². The third kappa shape index (κ3) is 19.9. The van der Waals surface area contributed by atoms with E-state index in [-0.39, 0.29) is 12.0 Å². The lowest BCUT2D eigenvalue weighted by molar-refractivity contribution is -0.148. The van der Waals surface area contributed by atoms with Crippen LogP contribution in [0.15, 0.2) is 18.2 Å². The molecule has 440 valence electrons. The normalized spacial score (nSPS) is 26.8. The van der Waals surface area contributed by atoms with Gasteiger partial charge in [0.1, 0.15) is 42.5 Å². The molecule has 12 atom stereocenters. The van der Waals surface area contributed by atoms with Gasteiger partial charge in [0.05, 0.1) is 37.4 Å². The number of phenolic OH excluding ortho intramolecular Hbond substituents is 1. The van der Waals surface area contributed by atoms with Gasteiger partial charge in [0.25, 0.3) is 0 Å². The number of aliphatic hydroxyl groups is 6. The number of primary amides is 1. The summed E-state index contributed by atoms with van der Waals surface area (Å²) in [6.45, 7) is 1.54. The molecule has 3 fully saturated rings. The van der Waals surface area contributed by atoms with Crippen molar-refractivity contribution in [2.45, 2.75) is 203 Å². The molecule has 0 saturated carbocycles. The summed E-state index contributed by atoms with van der Waals surface area (Å²) in [7, 11) is -5.21. The largest absolute Gasteiger partial charge is 0.504 e. The van der Waals surface area contributed by atoms with Crippen LogP contribution < -0.4 is 36.5 Å². The van der Waals surface area contributed by atoms with E-state index in [1.165, 1.54) is 51.9 Å². The maximum atomic E-state index is 14.5. The Morgan fingerprint density at radius 1 is 0.769 bits per heavy atom. The van der Waals surface area contributed by atoms with Gasteiger partial charge >= 0.3 is 10.4 Å². The van der Waals surface area contributed by atoms with Crippen molar-refractivity contribution in [3.05, 3.63) is 23.8 Å². The molecule has 0 radical (unpaired) electrons. The first-order valence-electron chi connectivity index (χ1n) is 26.8. The molecule has 0 bridgehead atoms. The number of hydrogen-bond acceptors (Lipinski definition) is 18. The van der Waals surface area contributed by atoms with Gasteiger partial charge in [-0.1, -0.05) is 97.0 Å². The minimum absolute atomic E-state index is 0.00607. The van der Waals surface area contributed by atoms with Crippen molar-refractivity contribution in [3.63, 3.8) is 0 Å². The number of carbonyl (C=O) groups is 8. The molecule has 3 aliphatic heterocycles. The molecule has 0 spiro atoms. The van der Waals surface area contributed by atoms with E-state index in [1.54, 1.807) is 0 Å². The zero-order valence-electron chi connectivity index (χ0n) is 44.2. The summed E-state index contributed by atoms with van der Waals surface area (Å²) >= 11 is 0. The van der Waals surface area contributed by atoms with E-state index in [4.69, 9.17) is 5.73 Å². The molecule has 28 heteroatoms. The fourth-order valence-corrected chi connectivity index (χ4v) is 10.2. The second-order valence-corrected chi connectivity index (χ2v) is 21.6. The van der Waals surface area contributed by atoms with Crippen LogP contribution in [0.4, 0.5) is 0 Å². The lowest BCUT2D eigenvalue weighted by Crippen LogP contribution is -2.64. The van der Waals surface area contributed by atoms with Crippen molar-refractivity contribution in [2.75, 3.05) is 19.7 Å². The molecule has 3 aliphatic rings. The highest BCUT2D eigenvalue weighted by molar-refractivity contribution is 7.81. The number of fused-ring (bicyclic) bond motifs is 2. The molecule has 0 aliphatic carbocycles. The number of benzene rings is 1. The van der Waals surface area contributed by atoms with E-state index in [0.29, 0.717) is 6.42 Å². The van der Waals surface area contributed by atoms with Crippen molar-refractivity contribution in [3.8, 4) is 11.5 Å². The van der Waals surface area contributed by atoms with Crippen molar-refractivity contribution < 1.29 is 91.3 Å². The molecule has 8 amide bonds. The van der Waals surface area contributed by atoms with E-state index in [9.17, 15) is 87.1 Å². The van der Waals surface area contributed by atoms with Gasteiger partial charge in [-0.3, -0.25) is 42.9 Å². The number of amides is 8. The summed E-state index contributed by atoms with van der Waals surface area (Å²) < 4.78 is 36.6. The first-order chi connectivity index (χ1) is 36.8. The smallest absolute Gasteiger partial charge is 0.446 e. The van der Waals surface area contributed by atoms with E-state index >= 15 is 0 Å². The summed E-state index contributed by atoms with van der Waals surface area (Å²) in [6.07, 6.45) is 1.43. The van der Waals surface area contributed by atoms with Crippen LogP contribution in [0.1, 0.15) is 135 Å². The molecule has 1 aromatic rings. The Morgan fingerprint density at radius 3 is 1.96 bits per heavy atom. The average molecular weight is 1130 g/mol. The lowest BCUT2D eigenvalue weighted by atomic mass is 9.98. The third-order valence-electron chi connectivity index (χ3n) is 14.1. The number of nitrogens with two attached hydrogens (primary N) is 1. The van der Waals surface area contributed by atoms with E-state index in [1.807, 2.05) is 0 Å². The standard InChI is InChI=1S/C50H80N8O19S/c1-3-4-5-6-7-8-9-10-11-12-13-14-15-16-39(65)52-31-18-20-40(66)54-48(71)43-44(67)28(2)25-58(43)50(73)42(36(63)24-38(51)64)56-47(70)41(35(62)21-29-17-19-34(61)37(22-29)77-78(74,75)76)55-46(69)33-23-30(60)26-57(33)49(72)32(27-59)53-45(31)68/h17,19,22,28,30-33,35-36,40-44,59-63,66-67H,3-16,18,20-21,23-27H2,1-2H3,(H2,51,64)(H,52,65)(H,53,68)(H,54,71)(H,55,69)(H,56,70)(H,74,75,76)/t28-,30+,31-,32-,33-,35+,36+,40+,41-,42-,43-,44-/m0/s1. The maximum Gasteiger partial charge on any atom is 0.446 e. The molecule has 0 aromatic heterocycles. The van der Waals surface area contributed by atoms with Crippen molar-refractivity contribution in [2.24, 2.45) is 11.7 Å². The zero-order chi connectivity index (χ0) is 57.9. The molecule has 4 rings (SSSR count). The number of unbranched alkanes of at least 4 members (excludes halogenated alkanes) is 12. The zero-order valence-corrected chi connectivity index (χ0v) is 45.0. The quantitative estimate of drug-likeness (QED) is 0.0377. The highest BCUT2D eigenvalue weighted by Crippen LogP contribution is 2.30. The monoisotopic (exact) mass is 1130 g/mol. The summed E-state index contributed by atoms with van der Waals surface area (Å²) in [5.74, 6) is -11.7. The van der Waals surface area contributed by atoms with Crippen LogP contribution in [0, 0.1) is 5.92 Å². The molecule has 27 nitrogen and oxygen atoms in total. The second-order valence-electron chi connectivity index (χ2n) is 20.6. The highest BCUT2D eigenvalue weighted by atomic mass is 32.3. The fraction of sp³-hybridized carbons (Fsp3) is 0.720. The summed E-state index contributed by atoms with van der Waals surface area (Å²) in [6, 6.07) is -8.59. The van der Waals surface area contributed by atoms with Crippen LogP contribution in [0.25, 0.3) is 0 Å². The Labute approximate surface area is 453 Å². The van der Waals surface area contributed by atoms with Crippen LogP contribution in [0.3, 0.4) is 0 Å². The van der Waals surface area contributed by atoms with E-state index in [2.05, 4.69) is 37.7 Å². The van der Waals surface area contributed by atoms with Gasteiger partial charge in [0.2, 0.25) is 47.3 Å². The number of carbonyl (C=O) groups excluding carboxylic acids is 8. The summed E-state index contributed by atoms with van der Waals surface area (Å²) in [4.78, 5) is 112. The molecule has 3 saturated heterocycles. The topological polar surface area (TPSA) is 434 Å². The number of hydrogen-bond donors (Lipinski definition) is 14. The van der Waals surface area contributed by atoms with Gasteiger partial charge in [-0.2, -0.15) is 8.42 Å². The Balaban J connectivity index is 1.67. The molecule has 78 heavy (non-hydrogen) atoms. The Bertz CT molecular complexity index is 2330. The van der Waals surface area contributed by atoms with E-state index < -0.39 is 194 Å². The SMILES string of the molecule is CCCCCCCCCCCCCCCC(=O)N[C@H]1CC[C@@H](O)NC(=O)[C@@H]2[C@@H](O)[C@@H](C)CN2C(=O)[C@H]([C@H](O)CC(N)=O)NC(=O)[C@H]([C@H](O)Cc2ccc(O)c(OS(=O)(=O)O)c2)NC(=O)[C@@H]2C[C@@H](O)CN2C(=O)[C@H](CO)NC1=O. The van der Waals surface area contributed by atoms with Crippen LogP contribution in [-0.4, -0.2) is 192 Å². The number of rotatable bonds is 24. The summed E-state index contributed by atoms with van der Waals surface area (Å²) in [5, 5.41) is 88.5. The Hall–Kier alpha value is -5.75. The number of phenols is 1. The molecular formula is C50H80N8O19S. The predicted molar refractivity (Wildman–Crippen MR) is 275 cm³/mol. The predicted octanol–water partition coefficient (Wildman–Crippen LogP) is -2.48. The first-order valence-corrected chi connectivity index (χ1v) is 28.1. The van der Waals surface area contributed by atoms with Gasteiger partial charge in [0, 0.05) is 38.3 Å². The van der Waals surface area contributed by atoms with Gasteiger partial charge in [0.15, 0.2) is 11.5 Å². The molecule has 1 aromatic carbocycles. The molecular weight excluding hydrogens is 1050 g/mol. The molecule has 3 heterocycles. The Morgan fingerprint density at radius 2 is 1.37 bits per heavy atom. The van der Waals surface area contributed by atoms with Gasteiger partial charge in [-0.15, -0.1) is 0 Å². The first kappa shape index (κ1) is 64.8. The van der Waals surface area contributed by atoms with Crippen LogP contribution in [0.2, 0.25) is 0 Å². The van der Waals surface area contributed by atoms with Crippen LogP contribution in [0.5, 0.6) is 11.5 Å². The van der Waals surface area contributed by atoms with Crippen molar-refractivity contribution in [1.82, 2.24) is 36.4 Å². The third-order valence-corrected chi connectivity index (χ3v) is 14.5. The lowest BCUT2D eigenvalue weighted by Gasteiger charge is -2.33. The maximum absolute atomic E-state index is 14.5. The average Bonchev–Trinajstić information content (AvgIpc) is 3.91. The summed E-state index contributed by atoms with van der Waals surface area (Å²) in [5.41, 5.74) is 5.23. The number of aromatic hydroxyl groups is 1. The van der Waals surface area contributed by atoms with Crippen LogP contribution >= 0.6 is 0 Å². The number of aliphatic hydroxyl groups excluding tert-OH is 6. The van der Waals surface area contributed by atoms with Crippen molar-refractivity contribution in [1.29, 1.82) is 0 Å². The van der Waals surface area contributed by atoms with Crippen molar-refractivity contribution >= 4 is 57.7 Å². The van der Waals surface area contributed by atoms with Crippen LogP contribution in [-0.2, 0) is 55.2 Å². The van der Waals surface area contributed by atoms with Gasteiger partial charge < -0.3 is 82.0 Å². The van der Waals surface area contributed by atoms with Gasteiger partial charge in [-0.05, 0) is 37.0 Å². The number of nitrogens with one attached hydrogen (secondary N) is 5. The number of nitrogens with zero attached hydrogens (tertiary/aromatic N) is 2. The minimum atomic E-state index is -5.21. The Kier molecular flexibility index (Phi) is 25.9. The second kappa shape index (κ2) is 31.1. The minimum Gasteiger partial charge on any atom is -0.504 e. The molecule has 15 N–H and O–H groups in total. The highest BCUT2D eigenvalue weighted by Gasteiger charge is 2.50. The van der Waals surface area contributed by atoms with E-state index in [0.717, 1.165) is 60.1 Å². The fourth-order valence-electron chi connectivity index (χ4n) is 9.88. The molecule has 0 unspecified atom stereocenters.